The van der Waals surface area contributed by atoms with Crippen LogP contribution in [0.15, 0.2) is 72.8 Å². The van der Waals surface area contributed by atoms with Crippen molar-refractivity contribution in [3.8, 4) is 0 Å². The van der Waals surface area contributed by atoms with E-state index in [9.17, 15) is 4.79 Å². The summed E-state index contributed by atoms with van der Waals surface area (Å²) in [6, 6.07) is 25.2. The SMILES string of the molecule is CC(CC(=O)NO)c1ccc(CN2c3ccccc3C=Cc3ccccc32)cc1. The minimum Gasteiger partial charge on any atom is -0.336 e. The number of carbonyl (C=O) groups excluding carboxylic acids is 1. The van der Waals surface area contributed by atoms with Gasteiger partial charge in [0.15, 0.2) is 0 Å². The highest BCUT2D eigenvalue weighted by atomic mass is 16.5. The van der Waals surface area contributed by atoms with Crippen LogP contribution in [0, 0.1) is 0 Å². The smallest absolute Gasteiger partial charge is 0.243 e. The Labute approximate surface area is 171 Å². The third-order valence-corrected chi connectivity index (χ3v) is 5.40. The third-order valence-electron chi connectivity index (χ3n) is 5.40. The van der Waals surface area contributed by atoms with Gasteiger partial charge < -0.3 is 4.90 Å². The summed E-state index contributed by atoms with van der Waals surface area (Å²) in [7, 11) is 0. The van der Waals surface area contributed by atoms with Crippen LogP contribution < -0.4 is 10.4 Å². The molecule has 3 aromatic carbocycles. The quantitative estimate of drug-likeness (QED) is 0.451. The van der Waals surface area contributed by atoms with Gasteiger partial charge in [-0.15, -0.1) is 0 Å². The molecule has 146 valence electrons. The van der Waals surface area contributed by atoms with Gasteiger partial charge in [-0.1, -0.05) is 79.7 Å². The number of nitrogens with one attached hydrogen (secondary N) is 1. The normalized spacial score (nSPS) is 13.2. The molecule has 4 rings (SSSR count). The van der Waals surface area contributed by atoms with Gasteiger partial charge in [-0.2, -0.15) is 0 Å². The molecule has 0 aromatic heterocycles. The van der Waals surface area contributed by atoms with Crippen molar-refractivity contribution in [3.63, 3.8) is 0 Å². The van der Waals surface area contributed by atoms with E-state index in [-0.39, 0.29) is 18.2 Å². The van der Waals surface area contributed by atoms with E-state index in [1.165, 1.54) is 28.1 Å². The van der Waals surface area contributed by atoms with Gasteiger partial charge in [0, 0.05) is 24.3 Å². The first-order valence-electron chi connectivity index (χ1n) is 9.81. The molecule has 2 N–H and O–H groups in total. The first kappa shape index (κ1) is 19.0. The maximum absolute atomic E-state index is 11.4. The number of para-hydroxylation sites is 2. The number of nitrogens with zero attached hydrogens (tertiary/aromatic N) is 1. The molecule has 1 unspecified atom stereocenters. The van der Waals surface area contributed by atoms with Crippen LogP contribution in [-0.2, 0) is 11.3 Å². The lowest BCUT2D eigenvalue weighted by Crippen LogP contribution is -2.20. The van der Waals surface area contributed by atoms with Crippen LogP contribution in [-0.4, -0.2) is 11.1 Å². The second-order valence-corrected chi connectivity index (χ2v) is 7.42. The maximum Gasteiger partial charge on any atom is 0.243 e. The molecule has 0 saturated heterocycles. The number of hydrogen-bond acceptors (Lipinski definition) is 3. The molecule has 0 radical (unpaired) electrons. The Bertz CT molecular complexity index is 991. The van der Waals surface area contributed by atoms with Gasteiger partial charge in [0.05, 0.1) is 0 Å². The highest BCUT2D eigenvalue weighted by Crippen LogP contribution is 2.37. The summed E-state index contributed by atoms with van der Waals surface area (Å²) in [6.45, 7) is 2.73. The molecule has 4 nitrogen and oxygen atoms in total. The number of hydroxylamine groups is 1. The second kappa shape index (κ2) is 8.33. The van der Waals surface area contributed by atoms with E-state index < -0.39 is 0 Å². The molecule has 29 heavy (non-hydrogen) atoms. The Morgan fingerprint density at radius 1 is 0.897 bits per heavy atom. The molecule has 1 aliphatic heterocycles. The van der Waals surface area contributed by atoms with Crippen molar-refractivity contribution in [1.29, 1.82) is 0 Å². The van der Waals surface area contributed by atoms with Gasteiger partial charge in [0.1, 0.15) is 0 Å². The second-order valence-electron chi connectivity index (χ2n) is 7.42. The lowest BCUT2D eigenvalue weighted by Gasteiger charge is -2.27. The zero-order valence-corrected chi connectivity index (χ0v) is 16.4. The van der Waals surface area contributed by atoms with Crippen molar-refractivity contribution in [3.05, 3.63) is 95.1 Å². The van der Waals surface area contributed by atoms with Crippen molar-refractivity contribution in [2.45, 2.75) is 25.8 Å². The minimum atomic E-state index is -0.369. The Morgan fingerprint density at radius 3 is 2.00 bits per heavy atom. The van der Waals surface area contributed by atoms with E-state index in [1.54, 1.807) is 5.48 Å². The van der Waals surface area contributed by atoms with Crippen molar-refractivity contribution in [2.24, 2.45) is 0 Å². The summed E-state index contributed by atoms with van der Waals surface area (Å²) in [4.78, 5) is 13.8. The number of anilines is 2. The number of benzene rings is 3. The summed E-state index contributed by atoms with van der Waals surface area (Å²) in [5.74, 6) is -0.327. The fourth-order valence-electron chi connectivity index (χ4n) is 3.80. The highest BCUT2D eigenvalue weighted by Gasteiger charge is 2.18. The Hall–Kier alpha value is -3.37. The lowest BCUT2D eigenvalue weighted by molar-refractivity contribution is -0.129. The van der Waals surface area contributed by atoms with E-state index in [1.807, 2.05) is 6.92 Å². The zero-order valence-electron chi connectivity index (χ0n) is 16.4. The van der Waals surface area contributed by atoms with Gasteiger partial charge in [-0.25, -0.2) is 5.48 Å². The van der Waals surface area contributed by atoms with Gasteiger partial charge >= 0.3 is 0 Å². The van der Waals surface area contributed by atoms with E-state index in [0.717, 1.165) is 12.1 Å². The standard InChI is InChI=1S/C25H24N2O2/c1-18(16-25(28)26-29)20-12-10-19(11-13-20)17-27-23-8-4-2-6-21(23)14-15-22-7-3-5-9-24(22)27/h2-15,18,29H,16-17H2,1H3,(H,26,28). The summed E-state index contributed by atoms with van der Waals surface area (Å²) in [5, 5.41) is 8.73. The zero-order chi connectivity index (χ0) is 20.2. The van der Waals surface area contributed by atoms with Gasteiger partial charge in [-0.05, 0) is 40.3 Å². The molecule has 3 aromatic rings. The molecule has 1 aliphatic rings. The summed E-state index contributed by atoms with van der Waals surface area (Å²) in [5.41, 5.74) is 8.75. The van der Waals surface area contributed by atoms with Crippen LogP contribution in [0.4, 0.5) is 11.4 Å². The van der Waals surface area contributed by atoms with Crippen LogP contribution in [0.1, 0.15) is 41.5 Å². The van der Waals surface area contributed by atoms with E-state index in [4.69, 9.17) is 5.21 Å². The fourth-order valence-corrected chi connectivity index (χ4v) is 3.80. The summed E-state index contributed by atoms with van der Waals surface area (Å²) >= 11 is 0. The molecule has 0 fully saturated rings. The average molecular weight is 384 g/mol. The Morgan fingerprint density at radius 2 is 1.45 bits per heavy atom. The number of carbonyl (C=O) groups is 1. The van der Waals surface area contributed by atoms with E-state index in [0.29, 0.717) is 0 Å². The predicted octanol–water partition coefficient (Wildman–Crippen LogP) is 5.51. The third kappa shape index (κ3) is 4.08. The highest BCUT2D eigenvalue weighted by molar-refractivity contribution is 5.88. The number of fused-ring (bicyclic) bond motifs is 2. The molecule has 1 heterocycles. The van der Waals surface area contributed by atoms with Crippen molar-refractivity contribution >= 4 is 29.4 Å². The molecule has 0 aliphatic carbocycles. The van der Waals surface area contributed by atoms with E-state index in [2.05, 4.69) is 89.8 Å². The van der Waals surface area contributed by atoms with Gasteiger partial charge in [-0.3, -0.25) is 10.0 Å². The monoisotopic (exact) mass is 384 g/mol. The molecular weight excluding hydrogens is 360 g/mol. The van der Waals surface area contributed by atoms with Crippen LogP contribution in [0.2, 0.25) is 0 Å². The van der Waals surface area contributed by atoms with Crippen LogP contribution >= 0.6 is 0 Å². The molecular formula is C25H24N2O2. The molecule has 4 heteroatoms. The van der Waals surface area contributed by atoms with Crippen LogP contribution in [0.3, 0.4) is 0 Å². The van der Waals surface area contributed by atoms with Gasteiger partial charge in [0.2, 0.25) is 5.91 Å². The molecule has 1 atom stereocenters. The maximum atomic E-state index is 11.4. The van der Waals surface area contributed by atoms with Crippen molar-refractivity contribution < 1.29 is 10.0 Å². The van der Waals surface area contributed by atoms with Crippen molar-refractivity contribution in [1.82, 2.24) is 5.48 Å². The summed E-state index contributed by atoms with van der Waals surface area (Å²) < 4.78 is 0. The molecule has 0 saturated carbocycles. The first-order chi connectivity index (χ1) is 14.2. The number of amides is 1. The number of rotatable bonds is 5. The van der Waals surface area contributed by atoms with E-state index >= 15 is 0 Å². The number of hydrogen-bond donors (Lipinski definition) is 2. The van der Waals surface area contributed by atoms with Crippen LogP contribution in [0.25, 0.3) is 12.2 Å². The molecule has 0 bridgehead atoms. The molecule has 1 amide bonds. The first-order valence-corrected chi connectivity index (χ1v) is 9.81. The molecule has 0 spiro atoms. The Balaban J connectivity index is 1.62. The summed E-state index contributed by atoms with van der Waals surface area (Å²) in [6.07, 6.45) is 4.60. The predicted molar refractivity (Wildman–Crippen MR) is 117 cm³/mol. The lowest BCUT2D eigenvalue weighted by atomic mass is 9.96. The topological polar surface area (TPSA) is 52.6 Å². The minimum absolute atomic E-state index is 0.0417. The average Bonchev–Trinajstić information content (AvgIpc) is 2.91. The fraction of sp³-hybridized carbons (Fsp3) is 0.160. The Kier molecular flexibility index (Phi) is 5.45. The van der Waals surface area contributed by atoms with Gasteiger partial charge in [0.25, 0.3) is 0 Å². The van der Waals surface area contributed by atoms with Crippen molar-refractivity contribution in [2.75, 3.05) is 4.90 Å². The largest absolute Gasteiger partial charge is 0.336 e. The van der Waals surface area contributed by atoms with Crippen LogP contribution in [0.5, 0.6) is 0 Å².